The van der Waals surface area contributed by atoms with Crippen LogP contribution in [0.25, 0.3) is 11.0 Å². The lowest BCUT2D eigenvalue weighted by atomic mass is 9.91. The molecule has 0 unspecified atom stereocenters. The van der Waals surface area contributed by atoms with Crippen molar-refractivity contribution in [3.8, 4) is 5.75 Å². The molecule has 24 heavy (non-hydrogen) atoms. The van der Waals surface area contributed by atoms with Gasteiger partial charge in [0.15, 0.2) is 11.3 Å². The Morgan fingerprint density at radius 1 is 1.25 bits per heavy atom. The highest BCUT2D eigenvalue weighted by Gasteiger charge is 2.28. The highest BCUT2D eigenvalue weighted by Crippen LogP contribution is 2.30. The van der Waals surface area contributed by atoms with Crippen molar-refractivity contribution in [2.75, 3.05) is 20.2 Å². The Labute approximate surface area is 148 Å². The Hall–Kier alpha value is -1.82. The Morgan fingerprint density at radius 3 is 2.54 bits per heavy atom. The number of halogens is 1. The van der Waals surface area contributed by atoms with Gasteiger partial charge in [0.05, 0.1) is 7.11 Å². The van der Waals surface area contributed by atoms with Gasteiger partial charge in [-0.25, -0.2) is 4.79 Å². The number of hydrogen-bond donors (Lipinski definition) is 0. The van der Waals surface area contributed by atoms with Crippen molar-refractivity contribution >= 4 is 32.8 Å². The number of benzene rings is 1. The van der Waals surface area contributed by atoms with E-state index in [1.807, 2.05) is 0 Å². The fourth-order valence-electron chi connectivity index (χ4n) is 3.47. The summed E-state index contributed by atoms with van der Waals surface area (Å²) in [4.78, 5) is 26.9. The monoisotopic (exact) mass is 393 g/mol. The zero-order valence-electron chi connectivity index (χ0n) is 14.0. The van der Waals surface area contributed by atoms with Crippen molar-refractivity contribution in [2.24, 2.45) is 11.8 Å². The number of ether oxygens (including phenoxy) is 1. The lowest BCUT2D eigenvalue weighted by molar-refractivity contribution is 0.0619. The molecular weight excluding hydrogens is 374 g/mol. The van der Waals surface area contributed by atoms with Gasteiger partial charge in [-0.1, -0.05) is 29.8 Å². The molecule has 2 aromatic rings. The van der Waals surface area contributed by atoms with Crippen molar-refractivity contribution in [2.45, 2.75) is 20.3 Å². The summed E-state index contributed by atoms with van der Waals surface area (Å²) in [5.41, 5.74) is -0.203. The highest BCUT2D eigenvalue weighted by atomic mass is 79.9. The normalized spacial score (nSPS) is 21.1. The van der Waals surface area contributed by atoms with Crippen molar-refractivity contribution in [3.63, 3.8) is 0 Å². The van der Waals surface area contributed by atoms with Crippen LogP contribution in [0.4, 0.5) is 0 Å². The van der Waals surface area contributed by atoms with E-state index < -0.39 is 5.63 Å². The van der Waals surface area contributed by atoms with Crippen LogP contribution in [0.1, 0.15) is 30.6 Å². The van der Waals surface area contributed by atoms with Crippen LogP contribution in [0.15, 0.2) is 31.9 Å². The van der Waals surface area contributed by atoms with E-state index in [4.69, 9.17) is 9.15 Å². The van der Waals surface area contributed by atoms with E-state index in [1.54, 1.807) is 23.1 Å². The van der Waals surface area contributed by atoms with Crippen molar-refractivity contribution in [1.29, 1.82) is 0 Å². The first-order valence-corrected chi connectivity index (χ1v) is 8.79. The van der Waals surface area contributed by atoms with Crippen LogP contribution in [0, 0.1) is 11.8 Å². The third-order valence-electron chi connectivity index (χ3n) is 4.37. The Bertz CT molecular complexity index is 835. The summed E-state index contributed by atoms with van der Waals surface area (Å²) in [7, 11) is 1.51. The van der Waals surface area contributed by atoms with E-state index in [1.165, 1.54) is 7.11 Å². The first-order valence-electron chi connectivity index (χ1n) is 7.99. The summed E-state index contributed by atoms with van der Waals surface area (Å²) >= 11 is 3.40. The second-order valence-electron chi connectivity index (χ2n) is 6.63. The number of carbonyl (C=O) groups is 1. The number of piperidine rings is 1. The van der Waals surface area contributed by atoms with Gasteiger partial charge in [0.2, 0.25) is 0 Å². The number of methoxy groups -OCH3 is 1. The number of nitrogens with zero attached hydrogens (tertiary/aromatic N) is 1. The smallest absolute Gasteiger partial charge is 0.349 e. The molecule has 1 aliphatic heterocycles. The zero-order valence-corrected chi connectivity index (χ0v) is 15.6. The highest BCUT2D eigenvalue weighted by molar-refractivity contribution is 9.10. The van der Waals surface area contributed by atoms with Crippen LogP contribution >= 0.6 is 15.9 Å². The van der Waals surface area contributed by atoms with Crippen LogP contribution in [0.3, 0.4) is 0 Å². The third kappa shape index (κ3) is 3.20. The molecule has 2 heterocycles. The van der Waals surface area contributed by atoms with Gasteiger partial charge in [-0.05, 0) is 36.5 Å². The summed E-state index contributed by atoms with van der Waals surface area (Å²) in [5.74, 6) is 1.05. The maximum atomic E-state index is 12.8. The Kier molecular flexibility index (Phi) is 4.67. The third-order valence-corrected chi connectivity index (χ3v) is 4.83. The summed E-state index contributed by atoms with van der Waals surface area (Å²) in [6, 6.07) is 5.13. The molecule has 0 N–H and O–H groups in total. The molecule has 1 aromatic heterocycles. The van der Waals surface area contributed by atoms with Crippen LogP contribution in [-0.2, 0) is 0 Å². The summed E-state index contributed by atoms with van der Waals surface area (Å²) in [6.07, 6.45) is 1.10. The van der Waals surface area contributed by atoms with Gasteiger partial charge in [0.25, 0.3) is 5.91 Å². The Morgan fingerprint density at radius 2 is 1.92 bits per heavy atom. The Balaban J connectivity index is 2.05. The lowest BCUT2D eigenvalue weighted by Crippen LogP contribution is -2.43. The number of likely N-dealkylation sites (tertiary alicyclic amines) is 1. The molecule has 0 bridgehead atoms. The maximum Gasteiger partial charge on any atom is 0.349 e. The van der Waals surface area contributed by atoms with Crippen molar-refractivity contribution < 1.29 is 13.9 Å². The molecule has 1 aromatic carbocycles. The van der Waals surface area contributed by atoms with Crippen LogP contribution in [0.5, 0.6) is 5.75 Å². The van der Waals surface area contributed by atoms with E-state index in [-0.39, 0.29) is 11.5 Å². The molecule has 0 radical (unpaired) electrons. The quantitative estimate of drug-likeness (QED) is 0.730. The van der Waals surface area contributed by atoms with Crippen molar-refractivity contribution in [3.05, 3.63) is 38.7 Å². The first kappa shape index (κ1) is 17.0. The molecule has 0 saturated carbocycles. The molecule has 0 spiro atoms. The number of amides is 1. The summed E-state index contributed by atoms with van der Waals surface area (Å²) < 4.78 is 11.4. The fourth-order valence-corrected chi connectivity index (χ4v) is 3.92. The molecule has 128 valence electrons. The molecule has 6 heteroatoms. The van der Waals surface area contributed by atoms with Crippen molar-refractivity contribution in [1.82, 2.24) is 4.90 Å². The number of fused-ring (bicyclic) bond motifs is 1. The maximum absolute atomic E-state index is 12.8. The minimum absolute atomic E-state index is 0.0731. The van der Waals surface area contributed by atoms with E-state index in [2.05, 4.69) is 29.8 Å². The van der Waals surface area contributed by atoms with Gasteiger partial charge >= 0.3 is 5.63 Å². The molecule has 1 aliphatic rings. The van der Waals surface area contributed by atoms with Crippen LogP contribution in [0.2, 0.25) is 0 Å². The van der Waals surface area contributed by atoms with Gasteiger partial charge in [0, 0.05) is 22.9 Å². The molecule has 1 saturated heterocycles. The SMILES string of the molecule is COc1cc(Br)cc2cc(C(=O)N3C[C@@H](C)C[C@H](C)C3)c(=O)oc12. The lowest BCUT2D eigenvalue weighted by Gasteiger charge is -2.34. The number of rotatable bonds is 2. The molecule has 3 rings (SSSR count). The predicted octanol–water partition coefficient (Wildman–Crippen LogP) is 3.68. The first-order chi connectivity index (χ1) is 11.4. The minimum Gasteiger partial charge on any atom is -0.493 e. The zero-order chi connectivity index (χ0) is 17.4. The van der Waals surface area contributed by atoms with Crippen LogP contribution < -0.4 is 10.4 Å². The van der Waals surface area contributed by atoms with Gasteiger partial charge in [-0.3, -0.25) is 4.79 Å². The second-order valence-corrected chi connectivity index (χ2v) is 7.55. The standard InChI is InChI=1S/C18H20BrNO4/c1-10-4-11(2)9-20(8-10)17(21)14-6-12-5-13(19)7-15(23-3)16(12)24-18(14)22/h5-7,10-11H,4,8-9H2,1-3H3/t10-,11-/m0/s1. The molecule has 0 aliphatic carbocycles. The molecule has 1 fully saturated rings. The molecule has 2 atom stereocenters. The fraction of sp³-hybridized carbons (Fsp3) is 0.444. The summed E-state index contributed by atoms with van der Waals surface area (Å²) in [6.45, 7) is 5.59. The minimum atomic E-state index is -0.626. The van der Waals surface area contributed by atoms with E-state index in [0.29, 0.717) is 41.6 Å². The topological polar surface area (TPSA) is 59.8 Å². The summed E-state index contributed by atoms with van der Waals surface area (Å²) in [5, 5.41) is 0.655. The van der Waals surface area contributed by atoms with Gasteiger partial charge in [0.1, 0.15) is 5.56 Å². The van der Waals surface area contributed by atoms with Gasteiger partial charge < -0.3 is 14.1 Å². The van der Waals surface area contributed by atoms with Gasteiger partial charge in [-0.2, -0.15) is 0 Å². The molecule has 5 nitrogen and oxygen atoms in total. The molecule has 1 amide bonds. The second kappa shape index (κ2) is 6.59. The van der Waals surface area contributed by atoms with Crippen LogP contribution in [-0.4, -0.2) is 31.0 Å². The van der Waals surface area contributed by atoms with Gasteiger partial charge in [-0.15, -0.1) is 0 Å². The number of hydrogen-bond acceptors (Lipinski definition) is 4. The largest absolute Gasteiger partial charge is 0.493 e. The molecular formula is C18H20BrNO4. The van der Waals surface area contributed by atoms with E-state index in [0.717, 1.165) is 10.9 Å². The van der Waals surface area contributed by atoms with E-state index in [9.17, 15) is 9.59 Å². The predicted molar refractivity (Wildman–Crippen MR) is 95.6 cm³/mol. The average molecular weight is 394 g/mol. The van der Waals surface area contributed by atoms with E-state index >= 15 is 0 Å². The average Bonchev–Trinajstić information content (AvgIpc) is 2.52. The number of carbonyl (C=O) groups excluding carboxylic acids is 1.